The first-order valence-electron chi connectivity index (χ1n) is 12.1. The Morgan fingerprint density at radius 1 is 1.11 bits per heavy atom. The predicted molar refractivity (Wildman–Crippen MR) is 143 cm³/mol. The fourth-order valence-electron chi connectivity index (χ4n) is 4.31. The van der Waals surface area contributed by atoms with Gasteiger partial charge in [-0.1, -0.05) is 23.4 Å². The van der Waals surface area contributed by atoms with E-state index in [1.165, 1.54) is 6.07 Å². The van der Waals surface area contributed by atoms with Crippen molar-refractivity contribution in [3.8, 4) is 11.3 Å². The molecule has 1 N–H and O–H groups in total. The van der Waals surface area contributed by atoms with Gasteiger partial charge < -0.3 is 14.5 Å². The van der Waals surface area contributed by atoms with Gasteiger partial charge in [-0.15, -0.1) is 5.10 Å². The highest BCUT2D eigenvalue weighted by Gasteiger charge is 2.22. The molecule has 0 aliphatic rings. The Balaban J connectivity index is 1.57. The Kier molecular flexibility index (Phi) is 6.03. The monoisotopic (exact) mass is 496 g/mol. The van der Waals surface area contributed by atoms with Gasteiger partial charge in [0, 0.05) is 29.1 Å². The molecule has 0 fully saturated rings. The third kappa shape index (κ3) is 4.95. The number of carbonyl (C=O) groups excluding carboxylic acids is 1. The van der Waals surface area contributed by atoms with Gasteiger partial charge in [0.2, 0.25) is 0 Å². The third-order valence-corrected chi connectivity index (χ3v) is 5.97. The Morgan fingerprint density at radius 2 is 1.89 bits per heavy atom. The number of nitrogens with zero attached hydrogens (tertiary/aromatic N) is 3. The molecule has 8 heteroatoms. The molecule has 0 aliphatic heterocycles. The lowest BCUT2D eigenvalue weighted by atomic mass is 10.00. The lowest BCUT2D eigenvalue weighted by molar-refractivity contribution is 0.00706. The van der Waals surface area contributed by atoms with Gasteiger partial charge in [0.05, 0.1) is 28.7 Å². The van der Waals surface area contributed by atoms with Crippen molar-refractivity contribution in [3.63, 3.8) is 0 Å². The number of hydrogen-bond acceptors (Lipinski definition) is 7. The zero-order chi connectivity index (χ0) is 26.3. The quantitative estimate of drug-likeness (QED) is 0.301. The van der Waals surface area contributed by atoms with E-state index in [0.29, 0.717) is 28.0 Å². The number of nitrogens with one attached hydrogen (secondary N) is 1. The molecule has 8 nitrogen and oxygen atoms in total. The Bertz CT molecular complexity index is 1690. The minimum absolute atomic E-state index is 0.130. The summed E-state index contributed by atoms with van der Waals surface area (Å²) in [5.74, 6) is 0.0446. The number of benzene rings is 2. The number of rotatable bonds is 5. The van der Waals surface area contributed by atoms with Crippen LogP contribution in [0.25, 0.3) is 27.8 Å². The lowest BCUT2D eigenvalue weighted by Gasteiger charge is -2.22. The first kappa shape index (κ1) is 24.2. The number of aryl methyl sites for hydroxylation is 1. The SMILES string of the molecule is Cc1cc(C(C)Nc2ccccc2C(=O)OC(C)(C)C)c2oc(-c3ccn4nncc4c3)cc(=O)c2c1. The molecule has 3 heterocycles. The van der Waals surface area contributed by atoms with Crippen molar-refractivity contribution in [3.05, 3.63) is 93.9 Å². The number of carbonyl (C=O) groups is 1. The molecule has 0 aliphatic carbocycles. The molecule has 3 aromatic heterocycles. The van der Waals surface area contributed by atoms with Crippen LogP contribution in [0.5, 0.6) is 0 Å². The van der Waals surface area contributed by atoms with E-state index < -0.39 is 11.6 Å². The van der Waals surface area contributed by atoms with Crippen molar-refractivity contribution >= 4 is 28.1 Å². The normalized spacial score (nSPS) is 12.6. The van der Waals surface area contributed by atoms with Crippen molar-refractivity contribution in [2.24, 2.45) is 0 Å². The van der Waals surface area contributed by atoms with Gasteiger partial charge in [-0.3, -0.25) is 4.79 Å². The van der Waals surface area contributed by atoms with Crippen molar-refractivity contribution in [2.75, 3.05) is 5.32 Å². The number of aromatic nitrogens is 3. The van der Waals surface area contributed by atoms with Gasteiger partial charge in [0.15, 0.2) is 5.43 Å². The summed E-state index contributed by atoms with van der Waals surface area (Å²) in [6, 6.07) is 16.0. The average Bonchev–Trinajstić information content (AvgIpc) is 3.31. The number of ether oxygens (including phenoxy) is 1. The summed E-state index contributed by atoms with van der Waals surface area (Å²) in [6.45, 7) is 9.42. The molecule has 0 amide bonds. The van der Waals surface area contributed by atoms with Crippen LogP contribution in [0, 0.1) is 6.92 Å². The number of hydrogen-bond donors (Lipinski definition) is 1. The van der Waals surface area contributed by atoms with E-state index in [0.717, 1.165) is 22.2 Å². The fourth-order valence-corrected chi connectivity index (χ4v) is 4.31. The second-order valence-electron chi connectivity index (χ2n) is 10.1. The van der Waals surface area contributed by atoms with Crippen LogP contribution in [0.2, 0.25) is 0 Å². The molecule has 0 saturated heterocycles. The van der Waals surface area contributed by atoms with Crippen LogP contribution < -0.4 is 10.7 Å². The van der Waals surface area contributed by atoms with Crippen LogP contribution in [0.15, 0.2) is 76.2 Å². The van der Waals surface area contributed by atoms with Crippen LogP contribution in [0.1, 0.15) is 55.2 Å². The van der Waals surface area contributed by atoms with E-state index in [2.05, 4.69) is 15.6 Å². The summed E-state index contributed by atoms with van der Waals surface area (Å²) in [6.07, 6.45) is 3.42. The third-order valence-electron chi connectivity index (χ3n) is 5.97. The first-order chi connectivity index (χ1) is 17.6. The average molecular weight is 497 g/mol. The van der Waals surface area contributed by atoms with Gasteiger partial charge in [0.1, 0.15) is 16.9 Å². The van der Waals surface area contributed by atoms with Crippen molar-refractivity contribution in [1.29, 1.82) is 0 Å². The van der Waals surface area contributed by atoms with E-state index >= 15 is 0 Å². The van der Waals surface area contributed by atoms with Gasteiger partial charge in [0.25, 0.3) is 0 Å². The number of pyridine rings is 1. The van der Waals surface area contributed by atoms with E-state index in [4.69, 9.17) is 9.15 Å². The summed E-state index contributed by atoms with van der Waals surface area (Å²) in [4.78, 5) is 26.0. The first-order valence-corrected chi connectivity index (χ1v) is 12.1. The fraction of sp³-hybridized carbons (Fsp3) is 0.241. The molecule has 1 atom stereocenters. The summed E-state index contributed by atoms with van der Waals surface area (Å²) in [5.41, 5.74) is 4.10. The van der Waals surface area contributed by atoms with Gasteiger partial charge in [-0.25, -0.2) is 9.31 Å². The molecule has 5 rings (SSSR count). The largest absolute Gasteiger partial charge is 0.456 e. The molecule has 5 aromatic rings. The highest BCUT2D eigenvalue weighted by atomic mass is 16.6. The molecule has 37 heavy (non-hydrogen) atoms. The van der Waals surface area contributed by atoms with Crippen LogP contribution in [0.3, 0.4) is 0 Å². The summed E-state index contributed by atoms with van der Waals surface area (Å²) >= 11 is 0. The minimum Gasteiger partial charge on any atom is -0.456 e. The standard InChI is InChI=1S/C29H28N4O4/c1-17-12-22(18(2)31-24-9-7-6-8-21(24)28(35)37-29(3,4)5)27-23(13-17)25(34)15-26(36-27)19-10-11-33-20(14-19)16-30-32-33/h6-16,18,31H,1-5H3. The van der Waals surface area contributed by atoms with Gasteiger partial charge in [-0.2, -0.15) is 0 Å². The second kappa shape index (κ2) is 9.20. The summed E-state index contributed by atoms with van der Waals surface area (Å²) in [5, 5.41) is 11.8. The number of fused-ring (bicyclic) bond motifs is 2. The van der Waals surface area contributed by atoms with Crippen LogP contribution in [0.4, 0.5) is 5.69 Å². The van der Waals surface area contributed by atoms with E-state index in [-0.39, 0.29) is 11.5 Å². The molecule has 2 aromatic carbocycles. The lowest BCUT2D eigenvalue weighted by Crippen LogP contribution is -2.24. The van der Waals surface area contributed by atoms with E-state index in [1.807, 2.05) is 71.0 Å². The minimum atomic E-state index is -0.613. The topological polar surface area (TPSA) is 98.7 Å². The van der Waals surface area contributed by atoms with E-state index in [1.54, 1.807) is 29.0 Å². The maximum absolute atomic E-state index is 13.2. The Labute approximate surface area is 213 Å². The molecule has 188 valence electrons. The molecular weight excluding hydrogens is 468 g/mol. The van der Waals surface area contributed by atoms with Crippen LogP contribution >= 0.6 is 0 Å². The Morgan fingerprint density at radius 3 is 2.68 bits per heavy atom. The molecule has 0 spiro atoms. The highest BCUT2D eigenvalue weighted by molar-refractivity contribution is 5.96. The summed E-state index contributed by atoms with van der Waals surface area (Å²) in [7, 11) is 0. The Hall–Kier alpha value is -4.46. The molecule has 1 unspecified atom stereocenters. The van der Waals surface area contributed by atoms with Crippen molar-refractivity contribution in [2.45, 2.75) is 46.3 Å². The molecular formula is C29H28N4O4. The predicted octanol–water partition coefficient (Wildman–Crippen LogP) is 5.94. The van der Waals surface area contributed by atoms with E-state index in [9.17, 15) is 9.59 Å². The van der Waals surface area contributed by atoms with Crippen molar-refractivity contribution < 1.29 is 13.9 Å². The number of para-hydroxylation sites is 1. The highest BCUT2D eigenvalue weighted by Crippen LogP contribution is 2.32. The zero-order valence-corrected chi connectivity index (χ0v) is 21.4. The van der Waals surface area contributed by atoms with Crippen molar-refractivity contribution in [1.82, 2.24) is 14.8 Å². The molecule has 0 radical (unpaired) electrons. The zero-order valence-electron chi connectivity index (χ0n) is 21.4. The maximum atomic E-state index is 13.2. The summed E-state index contributed by atoms with van der Waals surface area (Å²) < 4.78 is 13.6. The second-order valence-corrected chi connectivity index (χ2v) is 10.1. The molecule has 0 saturated carbocycles. The van der Waals surface area contributed by atoms with Gasteiger partial charge in [-0.05, 0) is 70.5 Å². The molecule has 0 bridgehead atoms. The van der Waals surface area contributed by atoms with Crippen LogP contribution in [-0.4, -0.2) is 26.4 Å². The smallest absolute Gasteiger partial charge is 0.340 e. The van der Waals surface area contributed by atoms with Crippen LogP contribution in [-0.2, 0) is 4.74 Å². The number of anilines is 1. The maximum Gasteiger partial charge on any atom is 0.340 e. The number of esters is 1. The van der Waals surface area contributed by atoms with Gasteiger partial charge >= 0.3 is 5.97 Å².